The van der Waals surface area contributed by atoms with Crippen LogP contribution in [0.4, 0.5) is 5.69 Å². The van der Waals surface area contributed by atoms with E-state index in [2.05, 4.69) is 15.6 Å². The van der Waals surface area contributed by atoms with E-state index in [9.17, 15) is 4.79 Å². The van der Waals surface area contributed by atoms with Crippen LogP contribution in [0.1, 0.15) is 21.5 Å². The summed E-state index contributed by atoms with van der Waals surface area (Å²) in [5.74, 6) is 0.583. The summed E-state index contributed by atoms with van der Waals surface area (Å²) in [6.45, 7) is 1.65. The Kier molecular flexibility index (Phi) is 3.83. The summed E-state index contributed by atoms with van der Waals surface area (Å²) in [5, 5.41) is 6.19. The van der Waals surface area contributed by atoms with E-state index in [1.54, 1.807) is 19.4 Å². The summed E-state index contributed by atoms with van der Waals surface area (Å²) < 4.78 is 5.16. The fourth-order valence-corrected chi connectivity index (χ4v) is 2.51. The minimum Gasteiger partial charge on any atom is -0.497 e. The number of aromatic nitrogens is 1. The number of rotatable bonds is 3. The Labute approximate surface area is 123 Å². The third-order valence-electron chi connectivity index (χ3n) is 3.59. The highest BCUT2D eigenvalue weighted by molar-refractivity contribution is 6.05. The molecule has 0 bridgehead atoms. The zero-order chi connectivity index (χ0) is 14.7. The maximum absolute atomic E-state index is 12.5. The van der Waals surface area contributed by atoms with Crippen LogP contribution >= 0.6 is 0 Å². The molecule has 0 aliphatic carbocycles. The van der Waals surface area contributed by atoms with Crippen molar-refractivity contribution >= 4 is 11.6 Å². The van der Waals surface area contributed by atoms with Gasteiger partial charge in [-0.2, -0.15) is 0 Å². The van der Waals surface area contributed by atoms with Gasteiger partial charge in [-0.15, -0.1) is 0 Å². The Bertz CT molecular complexity index is 670. The molecule has 108 valence electrons. The molecule has 0 atom stereocenters. The fourth-order valence-electron chi connectivity index (χ4n) is 2.51. The number of carbonyl (C=O) groups is 1. The highest BCUT2D eigenvalue weighted by Crippen LogP contribution is 2.21. The molecule has 1 aliphatic heterocycles. The molecule has 5 nitrogen and oxygen atoms in total. The number of nitrogens with one attached hydrogen (secondary N) is 2. The summed E-state index contributed by atoms with van der Waals surface area (Å²) in [6.07, 6.45) is 4.31. The molecule has 2 heterocycles. The molecule has 1 aromatic carbocycles. The molecule has 0 fully saturated rings. The van der Waals surface area contributed by atoms with Gasteiger partial charge in [0, 0.05) is 30.7 Å². The van der Waals surface area contributed by atoms with Gasteiger partial charge in [0.15, 0.2) is 0 Å². The number of carbonyl (C=O) groups excluding carboxylic acids is 1. The fraction of sp³-hybridized carbons (Fsp3) is 0.250. The third kappa shape index (κ3) is 2.87. The zero-order valence-corrected chi connectivity index (χ0v) is 11.8. The molecule has 5 heteroatoms. The number of benzene rings is 1. The number of amides is 1. The van der Waals surface area contributed by atoms with E-state index in [4.69, 9.17) is 4.74 Å². The lowest BCUT2D eigenvalue weighted by Crippen LogP contribution is -2.27. The lowest BCUT2D eigenvalue weighted by molar-refractivity contribution is 0.102. The van der Waals surface area contributed by atoms with Crippen molar-refractivity contribution in [3.63, 3.8) is 0 Å². The van der Waals surface area contributed by atoms with E-state index in [1.165, 1.54) is 0 Å². The van der Waals surface area contributed by atoms with Gasteiger partial charge in [-0.25, -0.2) is 0 Å². The average Bonchev–Trinajstić information content (AvgIpc) is 2.54. The number of ether oxygens (including phenoxy) is 1. The topological polar surface area (TPSA) is 63.2 Å². The number of pyridine rings is 1. The van der Waals surface area contributed by atoms with Crippen molar-refractivity contribution in [3.05, 3.63) is 53.3 Å². The smallest absolute Gasteiger partial charge is 0.257 e. The first-order valence-electron chi connectivity index (χ1n) is 6.90. The number of hydrogen-bond donors (Lipinski definition) is 2. The van der Waals surface area contributed by atoms with Gasteiger partial charge in [0.05, 0.1) is 12.7 Å². The Hall–Kier alpha value is -2.40. The summed E-state index contributed by atoms with van der Waals surface area (Å²) in [4.78, 5) is 16.6. The summed E-state index contributed by atoms with van der Waals surface area (Å²) in [7, 11) is 1.60. The van der Waals surface area contributed by atoms with Crippen LogP contribution in [0.3, 0.4) is 0 Å². The third-order valence-corrected chi connectivity index (χ3v) is 3.59. The van der Waals surface area contributed by atoms with Crippen molar-refractivity contribution in [3.8, 4) is 5.75 Å². The molecule has 2 aromatic rings. The van der Waals surface area contributed by atoms with Crippen LogP contribution in [0, 0.1) is 0 Å². The van der Waals surface area contributed by atoms with Gasteiger partial charge in [0.25, 0.3) is 5.91 Å². The van der Waals surface area contributed by atoms with E-state index in [1.807, 2.05) is 24.4 Å². The van der Waals surface area contributed by atoms with E-state index in [0.717, 1.165) is 30.6 Å². The quantitative estimate of drug-likeness (QED) is 0.904. The van der Waals surface area contributed by atoms with Crippen LogP contribution in [0.15, 0.2) is 36.7 Å². The Morgan fingerprint density at radius 3 is 3.14 bits per heavy atom. The maximum atomic E-state index is 12.5. The van der Waals surface area contributed by atoms with E-state index in [0.29, 0.717) is 17.0 Å². The van der Waals surface area contributed by atoms with Crippen LogP contribution in [0.2, 0.25) is 0 Å². The lowest BCUT2D eigenvalue weighted by Gasteiger charge is -2.19. The van der Waals surface area contributed by atoms with Gasteiger partial charge < -0.3 is 15.4 Å². The molecule has 0 saturated heterocycles. The predicted octanol–water partition coefficient (Wildman–Crippen LogP) is 1.99. The summed E-state index contributed by atoms with van der Waals surface area (Å²) >= 11 is 0. The Balaban J connectivity index is 1.85. The van der Waals surface area contributed by atoms with E-state index < -0.39 is 0 Å². The molecule has 21 heavy (non-hydrogen) atoms. The minimum absolute atomic E-state index is 0.130. The maximum Gasteiger partial charge on any atom is 0.257 e. The van der Waals surface area contributed by atoms with Crippen LogP contribution < -0.4 is 15.4 Å². The molecular formula is C16H17N3O2. The Morgan fingerprint density at radius 1 is 1.38 bits per heavy atom. The molecule has 3 rings (SSSR count). The normalized spacial score (nSPS) is 13.4. The number of methoxy groups -OCH3 is 1. The molecule has 0 saturated carbocycles. The van der Waals surface area contributed by atoms with Gasteiger partial charge in [-0.3, -0.25) is 9.78 Å². The molecule has 1 amide bonds. The average molecular weight is 283 g/mol. The van der Waals surface area contributed by atoms with Crippen LogP contribution in [-0.4, -0.2) is 24.5 Å². The van der Waals surface area contributed by atoms with Crippen molar-refractivity contribution in [2.24, 2.45) is 0 Å². The molecule has 2 N–H and O–H groups in total. The van der Waals surface area contributed by atoms with Gasteiger partial charge >= 0.3 is 0 Å². The number of anilines is 1. The van der Waals surface area contributed by atoms with Crippen molar-refractivity contribution in [2.45, 2.75) is 13.0 Å². The van der Waals surface area contributed by atoms with Crippen molar-refractivity contribution in [1.29, 1.82) is 0 Å². The second kappa shape index (κ2) is 5.93. The van der Waals surface area contributed by atoms with Gasteiger partial charge in [-0.1, -0.05) is 6.07 Å². The van der Waals surface area contributed by atoms with Crippen molar-refractivity contribution in [2.75, 3.05) is 19.0 Å². The molecule has 0 radical (unpaired) electrons. The molecule has 1 aromatic heterocycles. The van der Waals surface area contributed by atoms with Crippen LogP contribution in [-0.2, 0) is 13.0 Å². The van der Waals surface area contributed by atoms with Crippen molar-refractivity contribution in [1.82, 2.24) is 10.3 Å². The van der Waals surface area contributed by atoms with E-state index in [-0.39, 0.29) is 5.91 Å². The zero-order valence-electron chi connectivity index (χ0n) is 11.8. The van der Waals surface area contributed by atoms with E-state index >= 15 is 0 Å². The van der Waals surface area contributed by atoms with Crippen molar-refractivity contribution < 1.29 is 9.53 Å². The SMILES string of the molecule is COc1cccc(NC(=O)c2cncc3c2CCNC3)c1. The van der Waals surface area contributed by atoms with Gasteiger partial charge in [-0.05, 0) is 36.2 Å². The first kappa shape index (κ1) is 13.6. The lowest BCUT2D eigenvalue weighted by atomic mass is 9.98. The highest BCUT2D eigenvalue weighted by atomic mass is 16.5. The standard InChI is InChI=1S/C16H17N3O2/c1-21-13-4-2-3-12(7-13)19-16(20)15-10-18-9-11-8-17-6-5-14(11)15/h2-4,7,9-10,17H,5-6,8H2,1H3,(H,19,20). The minimum atomic E-state index is -0.130. The van der Waals surface area contributed by atoms with Gasteiger partial charge in [0.1, 0.15) is 5.75 Å². The molecule has 0 unspecified atom stereocenters. The van der Waals surface area contributed by atoms with Crippen LogP contribution in [0.5, 0.6) is 5.75 Å². The summed E-state index contributed by atoms with van der Waals surface area (Å²) in [5.41, 5.74) is 3.55. The first-order chi connectivity index (χ1) is 10.3. The molecule has 0 spiro atoms. The number of hydrogen-bond acceptors (Lipinski definition) is 4. The number of fused-ring (bicyclic) bond motifs is 1. The number of nitrogens with zero attached hydrogens (tertiary/aromatic N) is 1. The van der Waals surface area contributed by atoms with Gasteiger partial charge in [0.2, 0.25) is 0 Å². The second-order valence-corrected chi connectivity index (χ2v) is 4.94. The predicted molar refractivity (Wildman–Crippen MR) is 80.6 cm³/mol. The second-order valence-electron chi connectivity index (χ2n) is 4.94. The summed E-state index contributed by atoms with van der Waals surface area (Å²) in [6, 6.07) is 7.32. The first-order valence-corrected chi connectivity index (χ1v) is 6.90. The molecule has 1 aliphatic rings. The monoisotopic (exact) mass is 283 g/mol. The highest BCUT2D eigenvalue weighted by Gasteiger charge is 2.18. The Morgan fingerprint density at radius 2 is 2.29 bits per heavy atom. The van der Waals surface area contributed by atoms with Crippen LogP contribution in [0.25, 0.3) is 0 Å². The largest absolute Gasteiger partial charge is 0.497 e. The molecular weight excluding hydrogens is 266 g/mol.